The van der Waals surface area contributed by atoms with E-state index in [0.29, 0.717) is 17.4 Å². The number of thioether (sulfide) groups is 1. The van der Waals surface area contributed by atoms with Crippen molar-refractivity contribution in [3.63, 3.8) is 0 Å². The maximum absolute atomic E-state index is 12.6. The molecule has 0 N–H and O–H groups in total. The zero-order valence-corrected chi connectivity index (χ0v) is 16.0. The van der Waals surface area contributed by atoms with Crippen LogP contribution in [0.15, 0.2) is 47.1 Å². The van der Waals surface area contributed by atoms with E-state index in [1.807, 2.05) is 30.3 Å². The van der Waals surface area contributed by atoms with Gasteiger partial charge in [-0.15, -0.1) is 11.8 Å². The van der Waals surface area contributed by atoms with Crippen LogP contribution in [0.25, 0.3) is 0 Å². The molecule has 0 radical (unpaired) electrons. The minimum absolute atomic E-state index is 0.167. The van der Waals surface area contributed by atoms with Gasteiger partial charge in [-0.05, 0) is 29.2 Å². The summed E-state index contributed by atoms with van der Waals surface area (Å²) in [6.07, 6.45) is 1.57. The molecule has 3 rings (SSSR count). The lowest BCUT2D eigenvalue weighted by Gasteiger charge is -2.25. The van der Waals surface area contributed by atoms with Crippen molar-refractivity contribution in [2.75, 3.05) is 5.75 Å². The van der Waals surface area contributed by atoms with Gasteiger partial charge in [0.25, 0.3) is 0 Å². The summed E-state index contributed by atoms with van der Waals surface area (Å²) in [6, 6.07) is 11.0. The highest BCUT2D eigenvalue weighted by molar-refractivity contribution is 7.99. The number of rotatable bonds is 5. The number of amides is 1. The fraction of sp³-hybridized carbons (Fsp3) is 0.400. The zero-order valence-electron chi connectivity index (χ0n) is 15.2. The van der Waals surface area contributed by atoms with Gasteiger partial charge in [0.15, 0.2) is 0 Å². The Balaban J connectivity index is 1.64. The van der Waals surface area contributed by atoms with Crippen molar-refractivity contribution in [2.24, 2.45) is 0 Å². The largest absolute Gasteiger partial charge is 0.466 e. The fourth-order valence-corrected chi connectivity index (χ4v) is 4.39. The summed E-state index contributed by atoms with van der Waals surface area (Å²) < 4.78 is 10.9. The Hall–Kier alpha value is -2.21. The summed E-state index contributed by atoms with van der Waals surface area (Å²) >= 11 is 1.51. The third kappa shape index (κ3) is 3.96. The number of esters is 1. The van der Waals surface area contributed by atoms with Gasteiger partial charge in [0.05, 0.1) is 6.26 Å². The molecule has 0 saturated carbocycles. The topological polar surface area (TPSA) is 59.8 Å². The molecule has 0 aliphatic carbocycles. The maximum atomic E-state index is 12.6. The lowest BCUT2D eigenvalue weighted by atomic mass is 10.0. The highest BCUT2D eigenvalue weighted by Gasteiger charge is 2.43. The Bertz CT molecular complexity index is 755. The number of ether oxygens (including phenoxy) is 1. The van der Waals surface area contributed by atoms with Gasteiger partial charge in [-0.3, -0.25) is 4.79 Å². The second-order valence-electron chi connectivity index (χ2n) is 6.65. The van der Waals surface area contributed by atoms with Crippen molar-refractivity contribution in [3.8, 4) is 0 Å². The quantitative estimate of drug-likeness (QED) is 0.738. The smallest absolute Gasteiger partial charge is 0.330 e. The number of carbonyl (C=O) groups excluding carboxylic acids is 2. The van der Waals surface area contributed by atoms with E-state index >= 15 is 0 Å². The van der Waals surface area contributed by atoms with Gasteiger partial charge in [-0.2, -0.15) is 0 Å². The fourth-order valence-electron chi connectivity index (χ4n) is 2.97. The molecule has 5 nitrogen and oxygen atoms in total. The minimum atomic E-state index is -0.595. The average Bonchev–Trinajstić information content (AvgIpc) is 3.28. The van der Waals surface area contributed by atoms with Gasteiger partial charge in [0.1, 0.15) is 23.8 Å². The molecule has 6 heteroatoms. The molecule has 2 heterocycles. The van der Waals surface area contributed by atoms with Gasteiger partial charge in [0, 0.05) is 12.7 Å². The van der Waals surface area contributed by atoms with E-state index in [1.54, 1.807) is 17.2 Å². The third-order valence-electron chi connectivity index (χ3n) is 4.45. The zero-order chi connectivity index (χ0) is 18.7. The summed E-state index contributed by atoms with van der Waals surface area (Å²) in [5.41, 5.74) is 2.18. The molecular weight excluding hydrogens is 350 g/mol. The van der Waals surface area contributed by atoms with Crippen LogP contribution in [0.4, 0.5) is 0 Å². The molecule has 0 unspecified atom stereocenters. The molecule has 1 aliphatic rings. The summed E-state index contributed by atoms with van der Waals surface area (Å²) in [4.78, 5) is 26.2. The van der Waals surface area contributed by atoms with Crippen LogP contribution in [-0.2, 0) is 20.9 Å². The second-order valence-corrected chi connectivity index (χ2v) is 7.76. The van der Waals surface area contributed by atoms with Gasteiger partial charge >= 0.3 is 5.97 Å². The van der Waals surface area contributed by atoms with E-state index in [1.165, 1.54) is 24.2 Å². The standard InChI is InChI=1S/C20H23NO4S/c1-13(2)16-8-6-15(7-9-16)11-25-20(23)17-12-26-19(21(17)14(3)22)18-5-4-10-24-18/h4-10,13,17,19H,11-12H2,1-3H3/t17-,19-/m1/s1. The van der Waals surface area contributed by atoms with E-state index < -0.39 is 6.04 Å². The Morgan fingerprint density at radius 2 is 2.00 bits per heavy atom. The van der Waals surface area contributed by atoms with Crippen LogP contribution < -0.4 is 0 Å². The van der Waals surface area contributed by atoms with Crippen LogP contribution in [0.3, 0.4) is 0 Å². The number of hydrogen-bond donors (Lipinski definition) is 0. The van der Waals surface area contributed by atoms with Crippen LogP contribution in [0.5, 0.6) is 0 Å². The van der Waals surface area contributed by atoms with Crippen molar-refractivity contribution < 1.29 is 18.7 Å². The van der Waals surface area contributed by atoms with Crippen LogP contribution in [0.2, 0.25) is 0 Å². The first kappa shape index (κ1) is 18.6. The van der Waals surface area contributed by atoms with Crippen molar-refractivity contribution >= 4 is 23.6 Å². The minimum Gasteiger partial charge on any atom is -0.466 e. The SMILES string of the molecule is CC(=O)N1[C@@H](C(=O)OCc2ccc(C(C)C)cc2)CS[C@@H]1c1ccco1. The predicted octanol–water partition coefficient (Wildman–Crippen LogP) is 4.11. The van der Waals surface area contributed by atoms with E-state index in [4.69, 9.17) is 9.15 Å². The Morgan fingerprint density at radius 1 is 1.27 bits per heavy atom. The van der Waals surface area contributed by atoms with Crippen LogP contribution in [0, 0.1) is 0 Å². The molecule has 26 heavy (non-hydrogen) atoms. The molecule has 1 amide bonds. The van der Waals surface area contributed by atoms with Gasteiger partial charge in [0.2, 0.25) is 5.91 Å². The summed E-state index contributed by atoms with van der Waals surface area (Å²) in [7, 11) is 0. The number of hydrogen-bond acceptors (Lipinski definition) is 5. The Kier molecular flexibility index (Phi) is 5.71. The van der Waals surface area contributed by atoms with E-state index in [-0.39, 0.29) is 23.9 Å². The van der Waals surface area contributed by atoms with Crippen LogP contribution in [0.1, 0.15) is 49.0 Å². The van der Waals surface area contributed by atoms with Crippen molar-refractivity contribution in [1.29, 1.82) is 0 Å². The first-order valence-corrected chi connectivity index (χ1v) is 9.71. The Labute approximate surface area is 157 Å². The van der Waals surface area contributed by atoms with Gasteiger partial charge < -0.3 is 14.1 Å². The molecule has 138 valence electrons. The number of furan rings is 1. The first-order valence-electron chi connectivity index (χ1n) is 8.66. The average molecular weight is 373 g/mol. The van der Waals surface area contributed by atoms with Crippen molar-refractivity contribution in [2.45, 2.75) is 44.7 Å². The third-order valence-corrected chi connectivity index (χ3v) is 5.73. The molecule has 2 atom stereocenters. The molecule has 1 saturated heterocycles. The summed E-state index contributed by atoms with van der Waals surface area (Å²) in [6.45, 7) is 5.94. The van der Waals surface area contributed by atoms with Crippen molar-refractivity contribution in [1.82, 2.24) is 4.90 Å². The normalized spacial score (nSPS) is 19.8. The lowest BCUT2D eigenvalue weighted by molar-refractivity contribution is -0.154. The molecule has 1 aromatic carbocycles. The van der Waals surface area contributed by atoms with Gasteiger partial charge in [-0.25, -0.2) is 4.79 Å². The number of nitrogens with zero attached hydrogens (tertiary/aromatic N) is 1. The molecule has 1 aliphatic heterocycles. The molecule has 2 aromatic rings. The first-order chi connectivity index (χ1) is 12.5. The predicted molar refractivity (Wildman–Crippen MR) is 101 cm³/mol. The maximum Gasteiger partial charge on any atom is 0.330 e. The highest BCUT2D eigenvalue weighted by Crippen LogP contribution is 2.41. The molecule has 1 fully saturated rings. The Morgan fingerprint density at radius 3 is 2.58 bits per heavy atom. The van der Waals surface area contributed by atoms with E-state index in [0.717, 1.165) is 5.56 Å². The number of carbonyl (C=O) groups is 2. The summed E-state index contributed by atoms with van der Waals surface area (Å²) in [5, 5.41) is -0.287. The van der Waals surface area contributed by atoms with Gasteiger partial charge in [-0.1, -0.05) is 38.1 Å². The molecule has 0 bridgehead atoms. The lowest BCUT2D eigenvalue weighted by Crippen LogP contribution is -2.42. The second kappa shape index (κ2) is 7.99. The summed E-state index contributed by atoms with van der Waals surface area (Å²) in [5.74, 6) is 1.08. The monoisotopic (exact) mass is 373 g/mol. The number of benzene rings is 1. The van der Waals surface area contributed by atoms with Crippen molar-refractivity contribution in [3.05, 3.63) is 59.5 Å². The van der Waals surface area contributed by atoms with Crippen LogP contribution >= 0.6 is 11.8 Å². The highest BCUT2D eigenvalue weighted by atomic mass is 32.2. The molecule has 0 spiro atoms. The molecule has 1 aromatic heterocycles. The van der Waals surface area contributed by atoms with E-state index in [2.05, 4.69) is 13.8 Å². The van der Waals surface area contributed by atoms with E-state index in [9.17, 15) is 9.59 Å². The van der Waals surface area contributed by atoms with Crippen LogP contribution in [-0.4, -0.2) is 28.6 Å². The molecular formula is C20H23NO4S.